The summed E-state index contributed by atoms with van der Waals surface area (Å²) in [5.41, 5.74) is 0. The fourth-order valence-electron chi connectivity index (χ4n) is 5.24. The van der Waals surface area contributed by atoms with Gasteiger partial charge in [0, 0.05) is 18.4 Å². The maximum Gasteiger partial charge on any atom is 0.508 e. The number of hydrogen-bond acceptors (Lipinski definition) is 8. The van der Waals surface area contributed by atoms with E-state index in [9.17, 15) is 20.1 Å². The fourth-order valence-corrected chi connectivity index (χ4v) is 5.24. The Kier molecular flexibility index (Phi) is 9.84. The van der Waals surface area contributed by atoms with Crippen LogP contribution in [0.15, 0.2) is 0 Å². The van der Waals surface area contributed by atoms with Crippen molar-refractivity contribution in [3.05, 3.63) is 0 Å². The number of methoxy groups -OCH3 is 1. The maximum atomic E-state index is 11.2. The molecule has 0 aromatic rings. The highest BCUT2D eigenvalue weighted by molar-refractivity contribution is 5.59. The first-order valence-corrected chi connectivity index (χ1v) is 12.0. The molecule has 3 fully saturated rings. The van der Waals surface area contributed by atoms with E-state index in [0.29, 0.717) is 5.92 Å². The molecule has 0 aromatic heterocycles. The van der Waals surface area contributed by atoms with Gasteiger partial charge in [-0.25, -0.2) is 4.79 Å². The van der Waals surface area contributed by atoms with E-state index in [2.05, 4.69) is 4.74 Å². The zero-order chi connectivity index (χ0) is 22.2. The summed E-state index contributed by atoms with van der Waals surface area (Å²) in [7, 11) is 1.31. The van der Waals surface area contributed by atoms with E-state index < -0.39 is 18.7 Å². The topological polar surface area (TPSA) is 115 Å². The first kappa shape index (κ1) is 24.7. The molecule has 0 saturated heterocycles. The highest BCUT2D eigenvalue weighted by Gasteiger charge is 2.32. The minimum absolute atomic E-state index is 0.0192. The van der Waals surface area contributed by atoms with Gasteiger partial charge in [-0.05, 0) is 83.0 Å². The number of ether oxygens (including phenoxy) is 4. The monoisotopic (exact) mass is 444 g/mol. The third kappa shape index (κ3) is 7.86. The van der Waals surface area contributed by atoms with Gasteiger partial charge >= 0.3 is 6.16 Å². The maximum absolute atomic E-state index is 11.2. The number of carbonyl (C=O) groups excluding carboxylic acids is 1. The minimum atomic E-state index is -1.18. The Morgan fingerprint density at radius 3 is 1.90 bits per heavy atom. The molecule has 0 radical (unpaired) electrons. The van der Waals surface area contributed by atoms with Crippen LogP contribution in [0, 0.1) is 17.8 Å². The van der Waals surface area contributed by atoms with Gasteiger partial charge in [-0.2, -0.15) is 0 Å². The third-order valence-corrected chi connectivity index (χ3v) is 7.39. The predicted octanol–water partition coefficient (Wildman–Crippen LogP) is 3.11. The quantitative estimate of drug-likeness (QED) is 0.386. The van der Waals surface area contributed by atoms with Crippen LogP contribution in [-0.4, -0.2) is 66.1 Å². The Balaban J connectivity index is 1.27. The molecule has 0 aromatic carbocycles. The van der Waals surface area contributed by atoms with Crippen LogP contribution in [-0.2, 0) is 18.9 Å². The van der Waals surface area contributed by atoms with Crippen LogP contribution < -0.4 is 0 Å². The molecule has 0 amide bonds. The summed E-state index contributed by atoms with van der Waals surface area (Å²) in [5.74, 6) is 0.619. The van der Waals surface area contributed by atoms with Crippen molar-refractivity contribution in [1.82, 2.24) is 0 Å². The Hall–Kier alpha value is -0.930. The van der Waals surface area contributed by atoms with Crippen molar-refractivity contribution < 1.29 is 39.1 Å². The molecule has 1 atom stereocenters. The number of hydrogen-bond donors (Lipinski definition) is 3. The van der Waals surface area contributed by atoms with Gasteiger partial charge < -0.3 is 34.3 Å². The molecule has 3 aliphatic carbocycles. The van der Waals surface area contributed by atoms with Crippen LogP contribution in [0.25, 0.3) is 0 Å². The second-order valence-corrected chi connectivity index (χ2v) is 9.56. The molecule has 3 aliphatic rings. The second-order valence-electron chi connectivity index (χ2n) is 9.56. The van der Waals surface area contributed by atoms with Gasteiger partial charge in [-0.1, -0.05) is 0 Å². The number of carbonyl (C=O) groups is 1. The van der Waals surface area contributed by atoms with E-state index in [0.717, 1.165) is 83.7 Å². The van der Waals surface area contributed by atoms with Crippen LogP contribution in [0.4, 0.5) is 4.79 Å². The van der Waals surface area contributed by atoms with Gasteiger partial charge in [0.05, 0.1) is 19.3 Å². The molecule has 180 valence electrons. The summed E-state index contributed by atoms with van der Waals surface area (Å²) in [4.78, 5) is 11.2. The van der Waals surface area contributed by atoms with Crippen molar-refractivity contribution in [2.75, 3.05) is 13.7 Å². The summed E-state index contributed by atoms with van der Waals surface area (Å²) in [6.45, 7) is 0.754. The first-order chi connectivity index (χ1) is 14.9. The lowest BCUT2D eigenvalue weighted by Crippen LogP contribution is -2.36. The molecular formula is C23H40O8. The molecule has 1 unspecified atom stereocenters. The van der Waals surface area contributed by atoms with E-state index in [1.807, 2.05) is 0 Å². The molecule has 0 heterocycles. The van der Waals surface area contributed by atoms with Crippen molar-refractivity contribution in [1.29, 1.82) is 0 Å². The first-order valence-electron chi connectivity index (χ1n) is 12.0. The van der Waals surface area contributed by atoms with E-state index in [4.69, 9.17) is 14.2 Å². The fraction of sp³-hybridized carbons (Fsp3) is 0.957. The van der Waals surface area contributed by atoms with Gasteiger partial charge in [0.15, 0.2) is 12.6 Å². The van der Waals surface area contributed by atoms with Crippen molar-refractivity contribution >= 4 is 6.16 Å². The van der Waals surface area contributed by atoms with Crippen LogP contribution >= 0.6 is 0 Å². The van der Waals surface area contributed by atoms with Crippen molar-refractivity contribution in [2.45, 2.75) is 108 Å². The van der Waals surface area contributed by atoms with Crippen LogP contribution in [0.5, 0.6) is 0 Å². The van der Waals surface area contributed by atoms with Crippen LogP contribution in [0.2, 0.25) is 0 Å². The third-order valence-electron chi connectivity index (χ3n) is 7.39. The summed E-state index contributed by atoms with van der Waals surface area (Å²) in [5, 5.41) is 29.1. The van der Waals surface area contributed by atoms with Crippen molar-refractivity contribution in [3.63, 3.8) is 0 Å². The zero-order valence-electron chi connectivity index (χ0n) is 18.7. The summed E-state index contributed by atoms with van der Waals surface area (Å²) < 4.78 is 21.8. The van der Waals surface area contributed by atoms with E-state index in [1.165, 1.54) is 7.11 Å². The highest BCUT2D eigenvalue weighted by atomic mass is 16.7. The average molecular weight is 445 g/mol. The summed E-state index contributed by atoms with van der Waals surface area (Å²) in [6, 6.07) is 0. The molecule has 3 N–H and O–H groups in total. The number of aliphatic hydroxyl groups excluding tert-OH is 2. The van der Waals surface area contributed by atoms with E-state index in [-0.39, 0.29) is 30.1 Å². The van der Waals surface area contributed by atoms with Crippen LogP contribution in [0.3, 0.4) is 0 Å². The van der Waals surface area contributed by atoms with Gasteiger partial charge in [0.1, 0.15) is 6.10 Å². The van der Waals surface area contributed by atoms with Crippen molar-refractivity contribution in [2.24, 2.45) is 17.8 Å². The molecule has 0 bridgehead atoms. The lowest BCUT2D eigenvalue weighted by molar-refractivity contribution is -0.185. The summed E-state index contributed by atoms with van der Waals surface area (Å²) >= 11 is 0. The van der Waals surface area contributed by atoms with Gasteiger partial charge in [0.25, 0.3) is 0 Å². The highest BCUT2D eigenvalue weighted by Crippen LogP contribution is 2.34. The Bertz CT molecular complexity index is 518. The average Bonchev–Trinajstić information content (AvgIpc) is 2.79. The molecular weight excluding hydrogens is 404 g/mol. The Morgan fingerprint density at radius 1 is 0.774 bits per heavy atom. The molecule has 3 saturated carbocycles. The lowest BCUT2D eigenvalue weighted by Gasteiger charge is -2.35. The molecule has 0 spiro atoms. The normalized spacial score (nSPS) is 35.5. The number of aliphatic hydroxyl groups is 3. The molecule has 0 aliphatic heterocycles. The second kappa shape index (κ2) is 12.3. The predicted molar refractivity (Wildman–Crippen MR) is 112 cm³/mol. The smallest absolute Gasteiger partial charge is 0.438 e. The molecule has 8 nitrogen and oxygen atoms in total. The van der Waals surface area contributed by atoms with Crippen LogP contribution in [0.1, 0.15) is 77.0 Å². The SMILES string of the molecule is COC(=O)OC1CCC(C(O)OC2CCC(OCC3CCC(C(O)O)CC3)CC2)CC1. The van der Waals surface area contributed by atoms with Gasteiger partial charge in [-0.3, -0.25) is 0 Å². The van der Waals surface area contributed by atoms with Gasteiger partial charge in [0.2, 0.25) is 0 Å². The van der Waals surface area contributed by atoms with Gasteiger partial charge in [-0.15, -0.1) is 0 Å². The van der Waals surface area contributed by atoms with E-state index in [1.54, 1.807) is 0 Å². The zero-order valence-corrected chi connectivity index (χ0v) is 18.7. The van der Waals surface area contributed by atoms with E-state index >= 15 is 0 Å². The summed E-state index contributed by atoms with van der Waals surface area (Å²) in [6.07, 6.45) is 8.00. The Morgan fingerprint density at radius 2 is 1.32 bits per heavy atom. The molecule has 8 heteroatoms. The standard InChI is InChI=1S/C23H40O8/c1-28-23(27)31-20-8-6-17(7-9-20)22(26)30-19-12-10-18(11-13-19)29-14-15-2-4-16(5-3-15)21(24)25/h15-22,24-26H,2-14H2,1H3. The molecule has 3 rings (SSSR count). The Labute approximate surface area is 185 Å². The van der Waals surface area contributed by atoms with Crippen molar-refractivity contribution in [3.8, 4) is 0 Å². The lowest BCUT2D eigenvalue weighted by atomic mass is 9.82. The largest absolute Gasteiger partial charge is 0.508 e. The molecule has 31 heavy (non-hydrogen) atoms. The minimum Gasteiger partial charge on any atom is -0.438 e. The number of rotatable bonds is 8.